The molecule has 0 aliphatic heterocycles. The van der Waals surface area contributed by atoms with Gasteiger partial charge in [0.25, 0.3) is 0 Å². The molecule has 1 aromatic rings. The van der Waals surface area contributed by atoms with Gasteiger partial charge in [0.15, 0.2) is 0 Å². The third kappa shape index (κ3) is 9.38. The maximum absolute atomic E-state index is 12.3. The van der Waals surface area contributed by atoms with Crippen molar-refractivity contribution in [2.75, 3.05) is 13.2 Å². The summed E-state index contributed by atoms with van der Waals surface area (Å²) in [6.07, 6.45) is 3.32. The van der Waals surface area contributed by atoms with E-state index in [1.165, 1.54) is 0 Å². The van der Waals surface area contributed by atoms with Gasteiger partial charge in [0, 0.05) is 24.2 Å². The normalized spacial score (nSPS) is 9.56. The predicted molar refractivity (Wildman–Crippen MR) is 107 cm³/mol. The second-order valence-corrected chi connectivity index (χ2v) is 11.1. The maximum Gasteiger partial charge on any atom is 0.236 e. The molecule has 0 spiro atoms. The molecule has 0 heterocycles. The molecule has 0 saturated carbocycles. The zero-order valence-electron chi connectivity index (χ0n) is 15.2. The highest BCUT2D eigenvalue weighted by Crippen LogP contribution is 2.08. The van der Waals surface area contributed by atoms with Crippen molar-refractivity contribution in [1.29, 1.82) is 0 Å². The van der Waals surface area contributed by atoms with Crippen LogP contribution in [0, 0.1) is 35.1 Å². The van der Waals surface area contributed by atoms with E-state index in [9.17, 15) is 4.79 Å². The Kier molecular flexibility index (Phi) is 9.13. The first-order chi connectivity index (χ1) is 11.9. The lowest BCUT2D eigenvalue weighted by Gasteiger charge is -2.03. The topological polar surface area (TPSA) is 26.3 Å². The fourth-order valence-corrected chi connectivity index (χ4v) is 2.22. The first-order valence-electron chi connectivity index (χ1n) is 8.28. The van der Waals surface area contributed by atoms with Gasteiger partial charge in [-0.15, -0.1) is 12.1 Å². The van der Waals surface area contributed by atoms with Gasteiger partial charge in [-0.25, -0.2) is 0 Å². The molecule has 1 aromatic carbocycles. The molecule has 0 bridgehead atoms. The predicted octanol–water partition coefficient (Wildman–Crippen LogP) is 4.09. The molecule has 0 saturated heterocycles. The Labute approximate surface area is 152 Å². The van der Waals surface area contributed by atoms with Gasteiger partial charge < -0.3 is 4.74 Å². The van der Waals surface area contributed by atoms with E-state index in [0.717, 1.165) is 12.8 Å². The van der Waals surface area contributed by atoms with Gasteiger partial charge in [0.2, 0.25) is 5.78 Å². The Morgan fingerprint density at radius 2 is 2.00 bits per heavy atom. The average molecular weight is 349 g/mol. The van der Waals surface area contributed by atoms with Crippen LogP contribution in [0.15, 0.2) is 36.9 Å². The molecule has 0 aliphatic carbocycles. The highest BCUT2D eigenvalue weighted by atomic mass is 28.3. The van der Waals surface area contributed by atoms with Crippen LogP contribution >= 0.6 is 0 Å². The summed E-state index contributed by atoms with van der Waals surface area (Å²) in [4.78, 5) is 12.3. The van der Waals surface area contributed by atoms with Crippen molar-refractivity contribution in [3.63, 3.8) is 0 Å². The number of benzene rings is 1. The Balaban J connectivity index is 2.71. The van der Waals surface area contributed by atoms with Crippen LogP contribution in [-0.4, -0.2) is 27.1 Å². The molecular formula is C22H24O2Si. The van der Waals surface area contributed by atoms with Crippen molar-refractivity contribution in [1.82, 2.24) is 0 Å². The Bertz CT molecular complexity index is 781. The van der Waals surface area contributed by atoms with Crippen molar-refractivity contribution in [2.45, 2.75) is 32.5 Å². The molecule has 0 aliphatic rings. The summed E-state index contributed by atoms with van der Waals surface area (Å²) in [5, 5.41) is 0. The van der Waals surface area contributed by atoms with Gasteiger partial charge >= 0.3 is 0 Å². The lowest BCUT2D eigenvalue weighted by Crippen LogP contribution is -2.17. The molecule has 0 radical (unpaired) electrons. The number of ether oxygens (including phenoxy) is 1. The molecule has 0 aromatic heterocycles. The minimum Gasteiger partial charge on any atom is -0.377 e. The SMILES string of the molecule is C=CCOCCCC#CC#Cc1ccccc1C(=O)C#C[Si](C)(C)C. The number of ketones is 1. The van der Waals surface area contributed by atoms with E-state index in [1.807, 2.05) is 18.2 Å². The molecule has 0 unspecified atom stereocenters. The van der Waals surface area contributed by atoms with E-state index in [4.69, 9.17) is 4.74 Å². The molecule has 2 nitrogen and oxygen atoms in total. The first kappa shape index (κ1) is 20.5. The van der Waals surface area contributed by atoms with Gasteiger partial charge in [0.1, 0.15) is 8.07 Å². The van der Waals surface area contributed by atoms with Crippen molar-refractivity contribution in [2.24, 2.45) is 0 Å². The van der Waals surface area contributed by atoms with Gasteiger partial charge in [-0.2, -0.15) is 0 Å². The lowest BCUT2D eigenvalue weighted by atomic mass is 10.0. The third-order valence-electron chi connectivity index (χ3n) is 2.90. The van der Waals surface area contributed by atoms with Crippen LogP contribution in [0.25, 0.3) is 0 Å². The van der Waals surface area contributed by atoms with E-state index in [0.29, 0.717) is 24.3 Å². The zero-order valence-corrected chi connectivity index (χ0v) is 16.2. The number of carbonyl (C=O) groups is 1. The van der Waals surface area contributed by atoms with Crippen LogP contribution in [0.1, 0.15) is 28.8 Å². The average Bonchev–Trinajstić information content (AvgIpc) is 2.58. The van der Waals surface area contributed by atoms with E-state index in [1.54, 1.807) is 12.1 Å². The van der Waals surface area contributed by atoms with E-state index in [2.05, 4.69) is 61.4 Å². The summed E-state index contributed by atoms with van der Waals surface area (Å²) in [7, 11) is -1.58. The highest BCUT2D eigenvalue weighted by molar-refractivity contribution is 6.84. The van der Waals surface area contributed by atoms with Crippen LogP contribution in [-0.2, 0) is 4.74 Å². The first-order valence-corrected chi connectivity index (χ1v) is 11.8. The van der Waals surface area contributed by atoms with Gasteiger partial charge in [0.05, 0.1) is 6.61 Å². The summed E-state index contributed by atoms with van der Waals surface area (Å²) in [6, 6.07) is 7.26. The van der Waals surface area contributed by atoms with Gasteiger partial charge in [-0.1, -0.05) is 49.7 Å². The minimum absolute atomic E-state index is 0.181. The van der Waals surface area contributed by atoms with Crippen molar-refractivity contribution in [3.05, 3.63) is 48.0 Å². The van der Waals surface area contributed by atoms with Crippen molar-refractivity contribution in [3.8, 4) is 35.1 Å². The second kappa shape index (κ2) is 11.1. The Morgan fingerprint density at radius 3 is 2.72 bits per heavy atom. The lowest BCUT2D eigenvalue weighted by molar-refractivity contribution is 0.105. The van der Waals surface area contributed by atoms with Crippen molar-refractivity contribution >= 4 is 13.9 Å². The summed E-state index contributed by atoms with van der Waals surface area (Å²) < 4.78 is 5.28. The zero-order chi connectivity index (χ0) is 18.5. The quantitative estimate of drug-likeness (QED) is 0.254. The monoisotopic (exact) mass is 348 g/mol. The van der Waals surface area contributed by atoms with Crippen LogP contribution in [0.3, 0.4) is 0 Å². The van der Waals surface area contributed by atoms with Crippen LogP contribution in [0.2, 0.25) is 19.6 Å². The fourth-order valence-electron chi connectivity index (χ4n) is 1.74. The Morgan fingerprint density at radius 1 is 1.24 bits per heavy atom. The highest BCUT2D eigenvalue weighted by Gasteiger charge is 2.10. The smallest absolute Gasteiger partial charge is 0.236 e. The van der Waals surface area contributed by atoms with Crippen molar-refractivity contribution < 1.29 is 9.53 Å². The fraction of sp³-hybridized carbons (Fsp3) is 0.318. The van der Waals surface area contributed by atoms with E-state index < -0.39 is 8.07 Å². The van der Waals surface area contributed by atoms with E-state index in [-0.39, 0.29) is 5.78 Å². The number of rotatable bonds is 6. The van der Waals surface area contributed by atoms with Crippen LogP contribution < -0.4 is 0 Å². The molecule has 25 heavy (non-hydrogen) atoms. The maximum atomic E-state index is 12.3. The molecule has 0 N–H and O–H groups in total. The molecule has 0 fully saturated rings. The standard InChI is InChI=1S/C22H24O2Si/c1-5-17-24-18-12-8-6-7-9-13-20-14-10-11-15-21(20)22(23)16-19-25(2,3)4/h5,10-11,14-15H,1,8,12,17-18H2,2-4H3. The molecule has 3 heteroatoms. The molecule has 0 atom stereocenters. The minimum atomic E-state index is -1.58. The van der Waals surface area contributed by atoms with Gasteiger partial charge in [-0.05, 0) is 36.3 Å². The summed E-state index contributed by atoms with van der Waals surface area (Å²) in [5.74, 6) is 14.2. The van der Waals surface area contributed by atoms with Crippen LogP contribution in [0.4, 0.5) is 0 Å². The van der Waals surface area contributed by atoms with Crippen LogP contribution in [0.5, 0.6) is 0 Å². The number of Topliss-reactive ketones (excluding diaryl/α,β-unsaturated/α-hetero) is 1. The third-order valence-corrected chi connectivity index (χ3v) is 3.77. The Hall–Kier alpha value is -2.51. The number of unbranched alkanes of at least 4 members (excludes halogenated alkanes) is 1. The number of hydrogen-bond donors (Lipinski definition) is 0. The number of carbonyl (C=O) groups excluding carboxylic acids is 1. The summed E-state index contributed by atoms with van der Waals surface area (Å²) >= 11 is 0. The molecule has 0 amide bonds. The molecular weight excluding hydrogens is 324 g/mol. The number of hydrogen-bond acceptors (Lipinski definition) is 2. The second-order valence-electron chi connectivity index (χ2n) is 6.39. The molecule has 128 valence electrons. The largest absolute Gasteiger partial charge is 0.377 e. The van der Waals surface area contributed by atoms with Gasteiger partial charge in [-0.3, -0.25) is 4.79 Å². The summed E-state index contributed by atoms with van der Waals surface area (Å²) in [6.45, 7) is 11.1. The van der Waals surface area contributed by atoms with E-state index >= 15 is 0 Å². The summed E-state index contributed by atoms with van der Waals surface area (Å²) in [5.41, 5.74) is 4.31. The molecule has 1 rings (SSSR count).